The molecule has 0 aromatic heterocycles. The molecular formula is C26H28N2O2. The Morgan fingerprint density at radius 2 is 1.80 bits per heavy atom. The molecule has 2 atom stereocenters. The van der Waals surface area contributed by atoms with Crippen LogP contribution in [-0.4, -0.2) is 19.2 Å². The summed E-state index contributed by atoms with van der Waals surface area (Å²) in [6.07, 6.45) is 2.54. The van der Waals surface area contributed by atoms with E-state index in [1.54, 1.807) is 13.3 Å². The molecule has 4 nitrogen and oxygen atoms in total. The predicted octanol–water partition coefficient (Wildman–Crippen LogP) is 5.40. The van der Waals surface area contributed by atoms with E-state index in [1.807, 2.05) is 36.4 Å². The molecule has 1 aliphatic carbocycles. The zero-order valence-corrected chi connectivity index (χ0v) is 18.0. The number of rotatable bonds is 5. The maximum Gasteiger partial charge on any atom is 0.243 e. The van der Waals surface area contributed by atoms with Crippen LogP contribution in [0.15, 0.2) is 65.8 Å². The molecule has 0 heterocycles. The van der Waals surface area contributed by atoms with Crippen molar-refractivity contribution in [3.8, 4) is 5.75 Å². The Bertz CT molecular complexity index is 1090. The van der Waals surface area contributed by atoms with E-state index >= 15 is 0 Å². The highest BCUT2D eigenvalue weighted by Gasteiger charge is 2.44. The van der Waals surface area contributed by atoms with Gasteiger partial charge in [-0.15, -0.1) is 0 Å². The summed E-state index contributed by atoms with van der Waals surface area (Å²) in [5.41, 5.74) is 6.25. The smallest absolute Gasteiger partial charge is 0.243 e. The number of nitrogens with one attached hydrogen (secondary N) is 1. The van der Waals surface area contributed by atoms with Crippen LogP contribution in [0.4, 0.5) is 0 Å². The molecule has 0 saturated heterocycles. The van der Waals surface area contributed by atoms with Crippen molar-refractivity contribution in [2.45, 2.75) is 38.5 Å². The number of carbonyl (C=O) groups is 1. The van der Waals surface area contributed by atoms with Crippen LogP contribution in [0, 0.1) is 5.92 Å². The number of carbonyl (C=O) groups excluding carboxylic acids is 1. The number of hydrogen-bond acceptors (Lipinski definition) is 3. The molecule has 0 spiro atoms. The van der Waals surface area contributed by atoms with Gasteiger partial charge in [-0.05, 0) is 45.7 Å². The van der Waals surface area contributed by atoms with Crippen LogP contribution >= 0.6 is 0 Å². The molecular weight excluding hydrogens is 372 g/mol. The summed E-state index contributed by atoms with van der Waals surface area (Å²) >= 11 is 0. The second-order valence-electron chi connectivity index (χ2n) is 8.96. The molecule has 1 aliphatic rings. The van der Waals surface area contributed by atoms with Crippen molar-refractivity contribution < 1.29 is 9.53 Å². The first-order valence-corrected chi connectivity index (χ1v) is 10.4. The largest absolute Gasteiger partial charge is 0.496 e. The minimum atomic E-state index is -0.0321. The molecule has 0 bridgehead atoms. The minimum Gasteiger partial charge on any atom is -0.496 e. The van der Waals surface area contributed by atoms with Crippen molar-refractivity contribution >= 4 is 22.9 Å². The molecule has 30 heavy (non-hydrogen) atoms. The number of nitrogens with zero attached hydrogens (tertiary/aromatic N) is 1. The Morgan fingerprint density at radius 3 is 2.50 bits per heavy atom. The summed E-state index contributed by atoms with van der Waals surface area (Å²) in [4.78, 5) is 12.6. The summed E-state index contributed by atoms with van der Waals surface area (Å²) in [5, 5.41) is 6.38. The van der Waals surface area contributed by atoms with Crippen molar-refractivity contribution in [3.05, 3.63) is 77.4 Å². The molecule has 1 fully saturated rings. The molecule has 0 unspecified atom stereocenters. The highest BCUT2D eigenvalue weighted by Crippen LogP contribution is 2.47. The van der Waals surface area contributed by atoms with Gasteiger partial charge in [0.05, 0.1) is 13.3 Å². The van der Waals surface area contributed by atoms with Crippen LogP contribution in [0.3, 0.4) is 0 Å². The van der Waals surface area contributed by atoms with Crippen LogP contribution in [-0.2, 0) is 10.2 Å². The molecule has 1 N–H and O–H groups in total. The quantitative estimate of drug-likeness (QED) is 0.460. The van der Waals surface area contributed by atoms with Gasteiger partial charge in [0.15, 0.2) is 0 Å². The Kier molecular flexibility index (Phi) is 5.33. The molecule has 1 amide bonds. The van der Waals surface area contributed by atoms with Crippen LogP contribution in [0.1, 0.15) is 49.8 Å². The lowest BCUT2D eigenvalue weighted by molar-refractivity contribution is -0.122. The second-order valence-corrected chi connectivity index (χ2v) is 8.96. The van der Waals surface area contributed by atoms with E-state index in [-0.39, 0.29) is 23.2 Å². The van der Waals surface area contributed by atoms with Crippen LogP contribution in [0.2, 0.25) is 0 Å². The third-order valence-electron chi connectivity index (χ3n) is 5.85. The zero-order chi connectivity index (χ0) is 21.3. The molecule has 3 aromatic carbocycles. The SMILES string of the molecule is COc1ccc2ccccc2c1/C=N/NC(=O)[C@H]1C[C@H]1c1ccc(C(C)(C)C)cc1. The first-order chi connectivity index (χ1) is 14.4. The van der Waals surface area contributed by atoms with Crippen LogP contribution < -0.4 is 10.2 Å². The lowest BCUT2D eigenvalue weighted by Crippen LogP contribution is -2.20. The molecule has 3 aromatic rings. The van der Waals surface area contributed by atoms with E-state index < -0.39 is 0 Å². The summed E-state index contributed by atoms with van der Waals surface area (Å²) in [6.45, 7) is 6.62. The van der Waals surface area contributed by atoms with Gasteiger partial charge in [-0.1, -0.05) is 75.4 Å². The molecule has 4 heteroatoms. The monoisotopic (exact) mass is 400 g/mol. The Morgan fingerprint density at radius 1 is 1.07 bits per heavy atom. The van der Waals surface area contributed by atoms with Gasteiger partial charge in [0, 0.05) is 11.5 Å². The van der Waals surface area contributed by atoms with Gasteiger partial charge in [-0.25, -0.2) is 5.43 Å². The maximum absolute atomic E-state index is 12.6. The van der Waals surface area contributed by atoms with Crippen LogP contribution in [0.5, 0.6) is 5.75 Å². The van der Waals surface area contributed by atoms with Gasteiger partial charge in [-0.3, -0.25) is 4.79 Å². The lowest BCUT2D eigenvalue weighted by atomic mass is 9.86. The van der Waals surface area contributed by atoms with E-state index in [0.29, 0.717) is 0 Å². The fraction of sp³-hybridized carbons (Fsp3) is 0.308. The second kappa shape index (κ2) is 7.94. The number of fused-ring (bicyclic) bond motifs is 1. The summed E-state index contributed by atoms with van der Waals surface area (Å²) in [7, 11) is 1.64. The van der Waals surface area contributed by atoms with Crippen LogP contribution in [0.25, 0.3) is 10.8 Å². The topological polar surface area (TPSA) is 50.7 Å². The van der Waals surface area contributed by atoms with Gasteiger partial charge >= 0.3 is 0 Å². The maximum atomic E-state index is 12.6. The van der Waals surface area contributed by atoms with E-state index in [1.165, 1.54) is 11.1 Å². The fourth-order valence-corrected chi connectivity index (χ4v) is 3.91. The van der Waals surface area contributed by atoms with Crippen molar-refractivity contribution in [1.29, 1.82) is 0 Å². The van der Waals surface area contributed by atoms with E-state index in [4.69, 9.17) is 4.74 Å². The van der Waals surface area contributed by atoms with E-state index in [9.17, 15) is 4.79 Å². The summed E-state index contributed by atoms with van der Waals surface area (Å²) in [5.74, 6) is 0.962. The highest BCUT2D eigenvalue weighted by atomic mass is 16.5. The third-order valence-corrected chi connectivity index (χ3v) is 5.85. The predicted molar refractivity (Wildman–Crippen MR) is 122 cm³/mol. The molecule has 154 valence electrons. The average molecular weight is 401 g/mol. The van der Waals surface area contributed by atoms with Crippen molar-refractivity contribution in [2.24, 2.45) is 11.0 Å². The standard InChI is InChI=1S/C26H28N2O2/c1-26(2,3)19-12-9-18(10-13-19)21-15-22(21)25(29)28-27-16-23-20-8-6-5-7-17(20)11-14-24(23)30-4/h5-14,16,21-22H,15H2,1-4H3,(H,28,29)/b27-16+/t21-,22-/m0/s1. The van der Waals surface area contributed by atoms with Gasteiger partial charge in [-0.2, -0.15) is 5.10 Å². The number of hydrazone groups is 1. The minimum absolute atomic E-state index is 0.0166. The first-order valence-electron chi connectivity index (χ1n) is 10.4. The number of methoxy groups -OCH3 is 1. The Balaban J connectivity index is 1.43. The van der Waals surface area contributed by atoms with Gasteiger partial charge in [0.25, 0.3) is 0 Å². The van der Waals surface area contributed by atoms with Crippen molar-refractivity contribution in [2.75, 3.05) is 7.11 Å². The van der Waals surface area contributed by atoms with E-state index in [0.717, 1.165) is 28.5 Å². The number of ether oxygens (including phenoxy) is 1. The average Bonchev–Trinajstić information content (AvgIpc) is 3.54. The number of hydrogen-bond donors (Lipinski definition) is 1. The van der Waals surface area contributed by atoms with E-state index in [2.05, 4.69) is 55.6 Å². The van der Waals surface area contributed by atoms with Gasteiger partial charge in [0.1, 0.15) is 5.75 Å². The molecule has 1 saturated carbocycles. The fourth-order valence-electron chi connectivity index (χ4n) is 3.91. The summed E-state index contributed by atoms with van der Waals surface area (Å²) in [6, 6.07) is 20.7. The first kappa shape index (κ1) is 20.1. The third kappa shape index (κ3) is 4.09. The molecule has 0 aliphatic heterocycles. The number of amides is 1. The zero-order valence-electron chi connectivity index (χ0n) is 18.0. The number of benzene rings is 3. The normalized spacial score (nSPS) is 18.5. The van der Waals surface area contributed by atoms with Gasteiger partial charge < -0.3 is 4.74 Å². The Hall–Kier alpha value is -3.14. The highest BCUT2D eigenvalue weighted by molar-refractivity contribution is 6.02. The van der Waals surface area contributed by atoms with Crippen molar-refractivity contribution in [3.63, 3.8) is 0 Å². The molecule has 0 radical (unpaired) electrons. The Labute approximate surface area is 178 Å². The summed E-state index contributed by atoms with van der Waals surface area (Å²) < 4.78 is 5.48. The van der Waals surface area contributed by atoms with Crippen molar-refractivity contribution in [1.82, 2.24) is 5.43 Å². The lowest BCUT2D eigenvalue weighted by Gasteiger charge is -2.19. The van der Waals surface area contributed by atoms with Gasteiger partial charge in [0.2, 0.25) is 5.91 Å². The molecule has 4 rings (SSSR count).